The van der Waals surface area contributed by atoms with Crippen LogP contribution in [0.3, 0.4) is 0 Å². The molecule has 0 aliphatic carbocycles. The molecule has 2 rings (SSSR count). The topological polar surface area (TPSA) is 55.1 Å². The van der Waals surface area contributed by atoms with Gasteiger partial charge in [0.1, 0.15) is 5.82 Å². The van der Waals surface area contributed by atoms with Gasteiger partial charge in [-0.15, -0.1) is 0 Å². The second-order valence-electron chi connectivity index (χ2n) is 4.23. The molecular formula is C11H16N2O2. The summed E-state index contributed by atoms with van der Waals surface area (Å²) < 4.78 is 1.88. The van der Waals surface area contributed by atoms with Gasteiger partial charge in [-0.1, -0.05) is 13.8 Å². The Balaban J connectivity index is 2.49. The number of aromatic nitrogens is 2. The summed E-state index contributed by atoms with van der Waals surface area (Å²) in [5, 5.41) is 9.15. The highest BCUT2D eigenvalue weighted by atomic mass is 16.4. The third kappa shape index (κ3) is 1.64. The Morgan fingerprint density at radius 2 is 2.40 bits per heavy atom. The Morgan fingerprint density at radius 1 is 1.67 bits per heavy atom. The number of rotatable bonds is 2. The van der Waals surface area contributed by atoms with E-state index >= 15 is 0 Å². The second kappa shape index (κ2) is 3.68. The van der Waals surface area contributed by atoms with Crippen LogP contribution in [0.5, 0.6) is 0 Å². The van der Waals surface area contributed by atoms with Crippen LogP contribution < -0.4 is 0 Å². The third-order valence-corrected chi connectivity index (χ3v) is 3.03. The number of carboxylic acids is 1. The van der Waals surface area contributed by atoms with Crippen molar-refractivity contribution in [2.75, 3.05) is 0 Å². The molecule has 0 spiro atoms. The number of carboxylic acid groups (broad SMARTS) is 1. The van der Waals surface area contributed by atoms with Gasteiger partial charge in [-0.3, -0.25) is 0 Å². The van der Waals surface area contributed by atoms with Gasteiger partial charge in [-0.25, -0.2) is 9.78 Å². The van der Waals surface area contributed by atoms with E-state index in [-0.39, 0.29) is 0 Å². The van der Waals surface area contributed by atoms with Gasteiger partial charge in [0.15, 0.2) is 5.69 Å². The molecule has 0 radical (unpaired) electrons. The summed E-state index contributed by atoms with van der Waals surface area (Å²) in [4.78, 5) is 15.6. The summed E-state index contributed by atoms with van der Waals surface area (Å²) in [5.74, 6) is 0.717. The zero-order valence-corrected chi connectivity index (χ0v) is 9.16. The number of nitrogens with zero attached hydrogens (tertiary/aromatic N) is 2. The fourth-order valence-corrected chi connectivity index (χ4v) is 2.20. The number of carbonyl (C=O) groups is 1. The van der Waals surface area contributed by atoms with Gasteiger partial charge in [-0.2, -0.15) is 0 Å². The Morgan fingerprint density at radius 3 is 3.00 bits per heavy atom. The standard InChI is InChI=1S/C11H16N2O2/c1-3-8-10(11(14)15)13-5-4-7(2)6-9(13)12-8/h7H,3-6H2,1-2H3,(H,14,15)/t7-/m1/s1. The van der Waals surface area contributed by atoms with Crippen LogP contribution in [0.25, 0.3) is 0 Å². The van der Waals surface area contributed by atoms with Crippen LogP contribution in [-0.2, 0) is 19.4 Å². The van der Waals surface area contributed by atoms with E-state index in [1.165, 1.54) is 0 Å². The molecule has 1 atom stereocenters. The Kier molecular flexibility index (Phi) is 2.50. The highest BCUT2D eigenvalue weighted by Crippen LogP contribution is 2.23. The van der Waals surface area contributed by atoms with Crippen LogP contribution >= 0.6 is 0 Å². The van der Waals surface area contributed by atoms with Crippen molar-refractivity contribution in [1.82, 2.24) is 9.55 Å². The van der Waals surface area contributed by atoms with Gasteiger partial charge in [0.25, 0.3) is 0 Å². The van der Waals surface area contributed by atoms with Crippen molar-refractivity contribution in [1.29, 1.82) is 0 Å². The number of aryl methyl sites for hydroxylation is 1. The number of hydrogen-bond acceptors (Lipinski definition) is 2. The van der Waals surface area contributed by atoms with Gasteiger partial charge < -0.3 is 9.67 Å². The van der Waals surface area contributed by atoms with E-state index in [2.05, 4.69) is 11.9 Å². The maximum Gasteiger partial charge on any atom is 0.354 e. The average Bonchev–Trinajstić information content (AvgIpc) is 2.54. The van der Waals surface area contributed by atoms with Gasteiger partial charge in [0.2, 0.25) is 0 Å². The van der Waals surface area contributed by atoms with Crippen LogP contribution in [0.1, 0.15) is 42.3 Å². The smallest absolute Gasteiger partial charge is 0.354 e. The molecule has 0 bridgehead atoms. The molecule has 1 N–H and O–H groups in total. The summed E-state index contributed by atoms with van der Waals surface area (Å²) in [6.45, 7) is 4.93. The zero-order chi connectivity index (χ0) is 11.0. The van der Waals surface area contributed by atoms with E-state index in [4.69, 9.17) is 5.11 Å². The molecule has 15 heavy (non-hydrogen) atoms. The molecule has 1 aliphatic heterocycles. The second-order valence-corrected chi connectivity index (χ2v) is 4.23. The molecule has 0 unspecified atom stereocenters. The van der Waals surface area contributed by atoms with E-state index in [0.29, 0.717) is 18.0 Å². The lowest BCUT2D eigenvalue weighted by Crippen LogP contribution is -2.20. The highest BCUT2D eigenvalue weighted by molar-refractivity contribution is 5.87. The number of hydrogen-bond donors (Lipinski definition) is 1. The highest BCUT2D eigenvalue weighted by Gasteiger charge is 2.25. The maximum absolute atomic E-state index is 11.1. The zero-order valence-electron chi connectivity index (χ0n) is 9.16. The lowest BCUT2D eigenvalue weighted by Gasteiger charge is -2.20. The van der Waals surface area contributed by atoms with Gasteiger partial charge in [0.05, 0.1) is 5.69 Å². The fraction of sp³-hybridized carbons (Fsp3) is 0.636. The van der Waals surface area contributed by atoms with E-state index in [0.717, 1.165) is 30.9 Å². The van der Waals surface area contributed by atoms with Gasteiger partial charge in [-0.05, 0) is 18.8 Å². The summed E-state index contributed by atoms with van der Waals surface area (Å²) in [6.07, 6.45) is 2.64. The normalized spacial score (nSPS) is 20.0. The SMILES string of the molecule is CCc1nc2n(c1C(=O)O)CC[C@@H](C)C2. The minimum atomic E-state index is -0.847. The van der Waals surface area contributed by atoms with Crippen molar-refractivity contribution in [3.8, 4) is 0 Å². The van der Waals surface area contributed by atoms with Crippen molar-refractivity contribution in [3.63, 3.8) is 0 Å². The fourth-order valence-electron chi connectivity index (χ4n) is 2.20. The monoisotopic (exact) mass is 208 g/mol. The first-order valence-corrected chi connectivity index (χ1v) is 5.45. The van der Waals surface area contributed by atoms with E-state index in [9.17, 15) is 4.79 Å². The van der Waals surface area contributed by atoms with E-state index in [1.54, 1.807) is 0 Å². The van der Waals surface area contributed by atoms with E-state index in [1.807, 2.05) is 11.5 Å². The molecular weight excluding hydrogens is 192 g/mol. The summed E-state index contributed by atoms with van der Waals surface area (Å²) in [7, 11) is 0. The van der Waals surface area contributed by atoms with Crippen molar-refractivity contribution in [3.05, 3.63) is 17.2 Å². The molecule has 2 heterocycles. The number of imidazole rings is 1. The first-order chi connectivity index (χ1) is 7.13. The molecule has 4 nitrogen and oxygen atoms in total. The summed E-state index contributed by atoms with van der Waals surface area (Å²) >= 11 is 0. The first kappa shape index (κ1) is 10.2. The molecule has 0 saturated heterocycles. The Hall–Kier alpha value is -1.32. The largest absolute Gasteiger partial charge is 0.477 e. The van der Waals surface area contributed by atoms with Crippen molar-refractivity contribution < 1.29 is 9.90 Å². The van der Waals surface area contributed by atoms with Crippen LogP contribution in [0.15, 0.2) is 0 Å². The molecule has 0 fully saturated rings. The average molecular weight is 208 g/mol. The van der Waals surface area contributed by atoms with Gasteiger partial charge in [0, 0.05) is 13.0 Å². The molecule has 0 aromatic carbocycles. The van der Waals surface area contributed by atoms with Crippen LogP contribution in [0, 0.1) is 5.92 Å². The Bertz CT molecular complexity index is 396. The summed E-state index contributed by atoms with van der Waals surface area (Å²) in [5.41, 5.74) is 1.13. The Labute approximate surface area is 88.9 Å². The lowest BCUT2D eigenvalue weighted by atomic mass is 10.0. The molecule has 82 valence electrons. The number of fused-ring (bicyclic) bond motifs is 1. The van der Waals surface area contributed by atoms with Crippen LogP contribution in [0.4, 0.5) is 0 Å². The molecule has 1 aliphatic rings. The van der Waals surface area contributed by atoms with E-state index < -0.39 is 5.97 Å². The quantitative estimate of drug-likeness (QED) is 0.805. The molecule has 1 aromatic rings. The molecule has 0 amide bonds. The van der Waals surface area contributed by atoms with Crippen molar-refractivity contribution in [2.24, 2.45) is 5.92 Å². The predicted octanol–water partition coefficient (Wildman–Crippen LogP) is 1.73. The minimum Gasteiger partial charge on any atom is -0.477 e. The van der Waals surface area contributed by atoms with Crippen molar-refractivity contribution >= 4 is 5.97 Å². The molecule has 0 saturated carbocycles. The minimum absolute atomic E-state index is 0.402. The summed E-state index contributed by atoms with van der Waals surface area (Å²) in [6, 6.07) is 0. The molecule has 4 heteroatoms. The number of aromatic carboxylic acids is 1. The first-order valence-electron chi connectivity index (χ1n) is 5.45. The predicted molar refractivity (Wildman–Crippen MR) is 56.0 cm³/mol. The maximum atomic E-state index is 11.1. The lowest BCUT2D eigenvalue weighted by molar-refractivity contribution is 0.0682. The van der Waals surface area contributed by atoms with Crippen LogP contribution in [0.2, 0.25) is 0 Å². The third-order valence-electron chi connectivity index (χ3n) is 3.03. The van der Waals surface area contributed by atoms with Crippen LogP contribution in [-0.4, -0.2) is 20.6 Å². The van der Waals surface area contributed by atoms with Gasteiger partial charge >= 0.3 is 5.97 Å². The van der Waals surface area contributed by atoms with Crippen molar-refractivity contribution in [2.45, 2.75) is 39.7 Å². The molecule has 1 aromatic heterocycles.